The summed E-state index contributed by atoms with van der Waals surface area (Å²) in [6, 6.07) is 7.45. The van der Waals surface area contributed by atoms with E-state index in [1.54, 1.807) is 7.05 Å². The van der Waals surface area contributed by atoms with Gasteiger partial charge in [0.25, 0.3) is 0 Å². The van der Waals surface area contributed by atoms with Gasteiger partial charge in [-0.2, -0.15) is 5.10 Å². The van der Waals surface area contributed by atoms with Crippen LogP contribution in [0.3, 0.4) is 0 Å². The van der Waals surface area contributed by atoms with Crippen LogP contribution in [0.5, 0.6) is 0 Å². The number of rotatable bonds is 2. The Morgan fingerprint density at radius 2 is 1.80 bits per heavy atom. The van der Waals surface area contributed by atoms with Crippen molar-refractivity contribution >= 4 is 17.2 Å². The number of hydrogen-bond acceptors (Lipinski definition) is 3. The number of thiophene rings is 1. The molecule has 0 fully saturated rings. The van der Waals surface area contributed by atoms with Crippen molar-refractivity contribution in [1.29, 1.82) is 0 Å². The highest BCUT2D eigenvalue weighted by Crippen LogP contribution is 2.39. The first-order valence-corrected chi connectivity index (χ1v) is 6.78. The quantitative estimate of drug-likeness (QED) is 0.782. The maximum Gasteiger partial charge on any atom is 0.135 e. The van der Waals surface area contributed by atoms with Gasteiger partial charge in [0.15, 0.2) is 0 Å². The minimum atomic E-state index is -0.652. The van der Waals surface area contributed by atoms with Gasteiger partial charge < -0.3 is 5.73 Å². The minimum Gasteiger partial charge on any atom is -0.383 e. The Labute approximate surface area is 118 Å². The van der Waals surface area contributed by atoms with Crippen LogP contribution in [0.2, 0.25) is 0 Å². The summed E-state index contributed by atoms with van der Waals surface area (Å²) in [5.41, 5.74) is 6.63. The summed E-state index contributed by atoms with van der Waals surface area (Å²) >= 11 is 1.45. The van der Waals surface area contributed by atoms with Gasteiger partial charge in [0.05, 0.1) is 11.1 Å². The molecule has 0 atom stereocenters. The molecule has 20 heavy (non-hydrogen) atoms. The van der Waals surface area contributed by atoms with Gasteiger partial charge in [0.2, 0.25) is 0 Å². The lowest BCUT2D eigenvalue weighted by Gasteiger charge is -2.04. The predicted octanol–water partition coefficient (Wildman–Crippen LogP) is 3.68. The summed E-state index contributed by atoms with van der Waals surface area (Å²) in [6.45, 7) is 0. The van der Waals surface area contributed by atoms with Gasteiger partial charge in [0, 0.05) is 11.9 Å². The van der Waals surface area contributed by atoms with Crippen molar-refractivity contribution in [2.45, 2.75) is 0 Å². The molecule has 0 aliphatic rings. The first-order chi connectivity index (χ1) is 9.59. The van der Waals surface area contributed by atoms with Gasteiger partial charge in [-0.15, -0.1) is 11.3 Å². The van der Waals surface area contributed by atoms with Crippen LogP contribution in [-0.2, 0) is 7.05 Å². The first-order valence-electron chi connectivity index (χ1n) is 5.90. The number of nitrogens with zero attached hydrogens (tertiary/aromatic N) is 2. The van der Waals surface area contributed by atoms with Crippen molar-refractivity contribution in [3.05, 3.63) is 47.3 Å². The molecule has 0 amide bonds. The van der Waals surface area contributed by atoms with E-state index in [1.165, 1.54) is 34.2 Å². The van der Waals surface area contributed by atoms with Crippen LogP contribution in [-0.4, -0.2) is 9.78 Å². The van der Waals surface area contributed by atoms with Crippen LogP contribution in [0.1, 0.15) is 0 Å². The topological polar surface area (TPSA) is 43.8 Å². The first kappa shape index (κ1) is 12.8. The standard InChI is InChI=1S/C14H11F2N3S/c1-19-14(17)12(10-6-3-7-20-10)13(18-19)11-8(15)4-2-5-9(11)16/h2-7H,17H2,1H3. The molecule has 1 aromatic carbocycles. The van der Waals surface area contributed by atoms with Crippen LogP contribution >= 0.6 is 11.3 Å². The summed E-state index contributed by atoms with van der Waals surface area (Å²) in [6.07, 6.45) is 0. The highest BCUT2D eigenvalue weighted by molar-refractivity contribution is 7.13. The van der Waals surface area contributed by atoms with Crippen LogP contribution < -0.4 is 5.73 Å². The fourth-order valence-electron chi connectivity index (χ4n) is 2.10. The third-order valence-corrected chi connectivity index (χ3v) is 3.95. The molecule has 3 aromatic rings. The number of halogens is 2. The smallest absolute Gasteiger partial charge is 0.135 e. The van der Waals surface area contributed by atoms with Crippen LogP contribution in [0, 0.1) is 11.6 Å². The van der Waals surface area contributed by atoms with E-state index >= 15 is 0 Å². The van der Waals surface area contributed by atoms with Crippen LogP contribution in [0.25, 0.3) is 21.7 Å². The second-order valence-corrected chi connectivity index (χ2v) is 5.25. The van der Waals surface area contributed by atoms with E-state index in [-0.39, 0.29) is 11.3 Å². The Bertz CT molecular complexity index is 743. The van der Waals surface area contributed by atoms with E-state index in [0.717, 1.165) is 4.88 Å². The average Bonchev–Trinajstić information content (AvgIpc) is 3.00. The number of aromatic nitrogens is 2. The summed E-state index contributed by atoms with van der Waals surface area (Å²) in [5, 5.41) is 6.05. The lowest BCUT2D eigenvalue weighted by Crippen LogP contribution is -1.97. The zero-order valence-electron chi connectivity index (χ0n) is 10.6. The highest BCUT2D eigenvalue weighted by Gasteiger charge is 2.23. The summed E-state index contributed by atoms with van der Waals surface area (Å²) < 4.78 is 29.4. The summed E-state index contributed by atoms with van der Waals surface area (Å²) in [4.78, 5) is 0.827. The predicted molar refractivity (Wildman–Crippen MR) is 76.3 cm³/mol. The van der Waals surface area contributed by atoms with E-state index in [1.807, 2.05) is 17.5 Å². The van der Waals surface area contributed by atoms with E-state index in [0.29, 0.717) is 11.4 Å². The highest BCUT2D eigenvalue weighted by atomic mass is 32.1. The van der Waals surface area contributed by atoms with E-state index in [2.05, 4.69) is 5.10 Å². The van der Waals surface area contributed by atoms with Crippen LogP contribution in [0.15, 0.2) is 35.7 Å². The monoisotopic (exact) mass is 291 g/mol. The van der Waals surface area contributed by atoms with Crippen molar-refractivity contribution in [3.63, 3.8) is 0 Å². The number of nitrogen functional groups attached to an aromatic ring is 1. The Hall–Kier alpha value is -2.21. The van der Waals surface area contributed by atoms with Crippen molar-refractivity contribution in [2.24, 2.45) is 7.05 Å². The maximum atomic E-state index is 14.0. The molecule has 0 saturated heterocycles. The molecule has 0 bridgehead atoms. The van der Waals surface area contributed by atoms with Gasteiger partial charge in [-0.05, 0) is 23.6 Å². The molecular weight excluding hydrogens is 280 g/mol. The molecule has 0 aliphatic carbocycles. The van der Waals surface area contributed by atoms with E-state index < -0.39 is 11.6 Å². The van der Waals surface area contributed by atoms with E-state index in [9.17, 15) is 8.78 Å². The van der Waals surface area contributed by atoms with Crippen LogP contribution in [0.4, 0.5) is 14.6 Å². The zero-order chi connectivity index (χ0) is 14.3. The molecule has 3 nitrogen and oxygen atoms in total. The Morgan fingerprint density at radius 1 is 1.10 bits per heavy atom. The molecule has 3 rings (SSSR count). The second kappa shape index (κ2) is 4.72. The molecule has 2 heterocycles. The lowest BCUT2D eigenvalue weighted by molar-refractivity contribution is 0.588. The van der Waals surface area contributed by atoms with E-state index in [4.69, 9.17) is 5.73 Å². The molecule has 2 N–H and O–H groups in total. The fourth-order valence-corrected chi connectivity index (χ4v) is 2.88. The molecule has 2 aromatic heterocycles. The van der Waals surface area contributed by atoms with Crippen molar-refractivity contribution < 1.29 is 8.78 Å². The minimum absolute atomic E-state index is 0.150. The molecule has 0 saturated carbocycles. The van der Waals surface area contributed by atoms with Crippen molar-refractivity contribution in [3.8, 4) is 21.7 Å². The molecule has 0 radical (unpaired) electrons. The molecular formula is C14H11F2N3S. The molecule has 0 aliphatic heterocycles. The number of anilines is 1. The number of benzene rings is 1. The maximum absolute atomic E-state index is 14.0. The molecule has 6 heteroatoms. The Balaban J connectivity index is 2.33. The number of hydrogen-bond donors (Lipinski definition) is 1. The molecule has 0 spiro atoms. The average molecular weight is 291 g/mol. The Kier molecular flexibility index (Phi) is 3.02. The van der Waals surface area contributed by atoms with Crippen molar-refractivity contribution in [2.75, 3.05) is 5.73 Å². The lowest BCUT2D eigenvalue weighted by atomic mass is 10.1. The molecule has 0 unspecified atom stereocenters. The number of aryl methyl sites for hydroxylation is 1. The van der Waals surface area contributed by atoms with Gasteiger partial charge in [0.1, 0.15) is 23.1 Å². The Morgan fingerprint density at radius 3 is 2.40 bits per heavy atom. The number of nitrogens with two attached hydrogens (primary N) is 1. The fraction of sp³-hybridized carbons (Fsp3) is 0.0714. The van der Waals surface area contributed by atoms with Crippen molar-refractivity contribution in [1.82, 2.24) is 9.78 Å². The summed E-state index contributed by atoms with van der Waals surface area (Å²) in [5.74, 6) is -0.924. The largest absolute Gasteiger partial charge is 0.383 e. The van der Waals surface area contributed by atoms with Gasteiger partial charge in [-0.25, -0.2) is 8.78 Å². The zero-order valence-corrected chi connectivity index (χ0v) is 11.4. The SMILES string of the molecule is Cn1nc(-c2c(F)cccc2F)c(-c2cccs2)c1N. The molecule has 102 valence electrons. The normalized spacial score (nSPS) is 10.9. The van der Waals surface area contributed by atoms with Gasteiger partial charge in [-0.1, -0.05) is 12.1 Å². The third kappa shape index (κ3) is 1.89. The van der Waals surface area contributed by atoms with Gasteiger partial charge in [-0.3, -0.25) is 4.68 Å². The second-order valence-electron chi connectivity index (χ2n) is 4.31. The summed E-state index contributed by atoms with van der Waals surface area (Å²) in [7, 11) is 1.65. The van der Waals surface area contributed by atoms with Gasteiger partial charge >= 0.3 is 0 Å². The third-order valence-electron chi connectivity index (χ3n) is 3.06.